The molecule has 0 amide bonds. The summed E-state index contributed by atoms with van der Waals surface area (Å²) in [5, 5.41) is 0. The molecule has 0 unspecified atom stereocenters. The molecule has 0 heterocycles. The van der Waals surface area contributed by atoms with Crippen LogP contribution in [0.1, 0.15) is 47.0 Å². The monoisotopic (exact) mass is 182 g/mol. The maximum atomic E-state index is 10.2. The summed E-state index contributed by atoms with van der Waals surface area (Å²) in [5.74, 6) is 0.720. The van der Waals surface area contributed by atoms with Gasteiger partial charge in [0.15, 0.2) is 0 Å². The first-order valence-corrected chi connectivity index (χ1v) is 5.09. The van der Waals surface area contributed by atoms with Crippen molar-refractivity contribution in [1.82, 2.24) is 0 Å². The molecule has 0 aliphatic rings. The molecular formula is C12H22O. The lowest BCUT2D eigenvalue weighted by Crippen LogP contribution is -2.07. The highest BCUT2D eigenvalue weighted by Gasteiger charge is 2.12. The normalized spacial score (nSPS) is 12.7. The van der Waals surface area contributed by atoms with Crippen LogP contribution in [0.25, 0.3) is 0 Å². The summed E-state index contributed by atoms with van der Waals surface area (Å²) in [6, 6.07) is 0. The molecule has 1 heteroatoms. The molecule has 0 saturated heterocycles. The summed E-state index contributed by atoms with van der Waals surface area (Å²) in [7, 11) is 0. The summed E-state index contributed by atoms with van der Waals surface area (Å²) in [6.07, 6.45) is 8.21. The molecule has 0 aromatic heterocycles. The van der Waals surface area contributed by atoms with Crippen molar-refractivity contribution in [2.45, 2.75) is 47.0 Å². The zero-order chi connectivity index (χ0) is 10.3. The van der Waals surface area contributed by atoms with Gasteiger partial charge in [-0.1, -0.05) is 39.8 Å². The van der Waals surface area contributed by atoms with Gasteiger partial charge in [0.2, 0.25) is 0 Å². The molecule has 0 aromatic rings. The Kier molecular flexibility index (Phi) is 5.68. The third-order valence-corrected chi connectivity index (χ3v) is 2.08. The van der Waals surface area contributed by atoms with Gasteiger partial charge in [-0.05, 0) is 24.2 Å². The molecule has 0 aliphatic heterocycles. The Hall–Kier alpha value is -0.590. The van der Waals surface area contributed by atoms with Gasteiger partial charge in [-0.15, -0.1) is 0 Å². The van der Waals surface area contributed by atoms with Crippen molar-refractivity contribution in [3.63, 3.8) is 0 Å². The molecule has 0 aliphatic carbocycles. The average molecular weight is 182 g/mol. The van der Waals surface area contributed by atoms with Gasteiger partial charge in [0.05, 0.1) is 0 Å². The molecule has 76 valence electrons. The zero-order valence-electron chi connectivity index (χ0n) is 9.34. The van der Waals surface area contributed by atoms with Crippen LogP contribution in [0, 0.1) is 11.3 Å². The lowest BCUT2D eigenvalue weighted by atomic mass is 9.87. The van der Waals surface area contributed by atoms with Crippen molar-refractivity contribution in [2.24, 2.45) is 11.3 Å². The minimum atomic E-state index is 0.176. The van der Waals surface area contributed by atoms with Crippen molar-refractivity contribution in [2.75, 3.05) is 0 Å². The summed E-state index contributed by atoms with van der Waals surface area (Å²) in [6.45, 7) is 8.77. The lowest BCUT2D eigenvalue weighted by Gasteiger charge is -2.18. The Morgan fingerprint density at radius 2 is 1.92 bits per heavy atom. The van der Waals surface area contributed by atoms with Crippen LogP contribution in [0.5, 0.6) is 0 Å². The fraction of sp³-hybridized carbons (Fsp3) is 0.750. The Morgan fingerprint density at radius 1 is 1.31 bits per heavy atom. The van der Waals surface area contributed by atoms with E-state index in [-0.39, 0.29) is 5.41 Å². The number of aldehydes is 1. The molecule has 1 nitrogen and oxygen atoms in total. The Bertz CT molecular complexity index is 166. The van der Waals surface area contributed by atoms with Crippen molar-refractivity contribution < 1.29 is 4.79 Å². The number of carbonyl (C=O) groups is 1. The first kappa shape index (κ1) is 12.4. The van der Waals surface area contributed by atoms with E-state index >= 15 is 0 Å². The second-order valence-corrected chi connectivity index (χ2v) is 4.73. The van der Waals surface area contributed by atoms with Crippen LogP contribution < -0.4 is 0 Å². The third-order valence-electron chi connectivity index (χ3n) is 2.08. The van der Waals surface area contributed by atoms with Gasteiger partial charge in [-0.3, -0.25) is 0 Å². The van der Waals surface area contributed by atoms with Crippen LogP contribution in [-0.2, 0) is 4.79 Å². The number of hydrogen-bond acceptors (Lipinski definition) is 1. The van der Waals surface area contributed by atoms with Gasteiger partial charge >= 0.3 is 0 Å². The second-order valence-electron chi connectivity index (χ2n) is 4.73. The van der Waals surface area contributed by atoms with Crippen LogP contribution in [0.2, 0.25) is 0 Å². The Balaban J connectivity index is 3.85. The quantitative estimate of drug-likeness (QED) is 0.453. The Labute approximate surface area is 82.2 Å². The van der Waals surface area contributed by atoms with E-state index in [4.69, 9.17) is 0 Å². The van der Waals surface area contributed by atoms with Gasteiger partial charge < -0.3 is 4.79 Å². The van der Waals surface area contributed by atoms with E-state index in [1.54, 1.807) is 0 Å². The van der Waals surface area contributed by atoms with E-state index in [0.29, 0.717) is 6.42 Å². The van der Waals surface area contributed by atoms with Gasteiger partial charge in [0.1, 0.15) is 6.29 Å². The maximum Gasteiger partial charge on any atom is 0.120 e. The number of carbonyl (C=O) groups excluding carboxylic acids is 1. The van der Waals surface area contributed by atoms with E-state index < -0.39 is 0 Å². The molecule has 0 bridgehead atoms. The zero-order valence-corrected chi connectivity index (χ0v) is 9.34. The molecule has 13 heavy (non-hydrogen) atoms. The highest BCUT2D eigenvalue weighted by atomic mass is 16.1. The van der Waals surface area contributed by atoms with Crippen LogP contribution in [0.15, 0.2) is 12.2 Å². The smallest absolute Gasteiger partial charge is 0.120 e. The summed E-state index contributed by atoms with van der Waals surface area (Å²) >= 11 is 0. The van der Waals surface area contributed by atoms with Crippen molar-refractivity contribution in [3.8, 4) is 0 Å². The highest BCUT2D eigenvalue weighted by molar-refractivity contribution is 5.49. The van der Waals surface area contributed by atoms with E-state index in [1.165, 1.54) is 0 Å². The number of hydrogen-bond donors (Lipinski definition) is 0. The van der Waals surface area contributed by atoms with Crippen molar-refractivity contribution in [3.05, 3.63) is 12.2 Å². The highest BCUT2D eigenvalue weighted by Crippen LogP contribution is 2.23. The van der Waals surface area contributed by atoms with E-state index in [2.05, 4.69) is 39.8 Å². The van der Waals surface area contributed by atoms with Gasteiger partial charge in [0, 0.05) is 6.42 Å². The molecule has 0 spiro atoms. The fourth-order valence-electron chi connectivity index (χ4n) is 1.17. The van der Waals surface area contributed by atoms with Gasteiger partial charge in [-0.2, -0.15) is 0 Å². The molecule has 0 radical (unpaired) electrons. The third kappa shape index (κ3) is 7.76. The molecule has 0 saturated carbocycles. The Morgan fingerprint density at radius 3 is 2.38 bits per heavy atom. The molecule has 0 rings (SSSR count). The topological polar surface area (TPSA) is 17.1 Å². The molecular weight excluding hydrogens is 160 g/mol. The van der Waals surface area contributed by atoms with Crippen LogP contribution in [0.3, 0.4) is 0 Å². The molecule has 0 atom stereocenters. The van der Waals surface area contributed by atoms with Crippen molar-refractivity contribution >= 4 is 6.29 Å². The first-order valence-electron chi connectivity index (χ1n) is 5.09. The summed E-state index contributed by atoms with van der Waals surface area (Å²) in [5.41, 5.74) is 0.176. The standard InChI is InChI=1S/C12H22O/c1-11(2)7-5-8-12(3,4)9-6-10-13/h5,8,10-11H,6-7,9H2,1-4H3/b8-5+. The minimum absolute atomic E-state index is 0.176. The second kappa shape index (κ2) is 5.95. The predicted molar refractivity (Wildman–Crippen MR) is 57.7 cm³/mol. The van der Waals surface area contributed by atoms with E-state index in [9.17, 15) is 4.79 Å². The van der Waals surface area contributed by atoms with E-state index in [0.717, 1.165) is 25.0 Å². The fourth-order valence-corrected chi connectivity index (χ4v) is 1.17. The molecule has 0 aromatic carbocycles. The summed E-state index contributed by atoms with van der Waals surface area (Å²) in [4.78, 5) is 10.2. The lowest BCUT2D eigenvalue weighted by molar-refractivity contribution is -0.108. The number of rotatable bonds is 6. The maximum absolute atomic E-state index is 10.2. The molecule has 0 fully saturated rings. The van der Waals surface area contributed by atoms with Crippen molar-refractivity contribution in [1.29, 1.82) is 0 Å². The number of allylic oxidation sites excluding steroid dienone is 2. The van der Waals surface area contributed by atoms with Crippen LogP contribution >= 0.6 is 0 Å². The largest absolute Gasteiger partial charge is 0.303 e. The first-order chi connectivity index (χ1) is 5.98. The van der Waals surface area contributed by atoms with E-state index in [1.807, 2.05) is 0 Å². The molecule has 0 N–H and O–H groups in total. The van der Waals surface area contributed by atoms with Gasteiger partial charge in [0.25, 0.3) is 0 Å². The van der Waals surface area contributed by atoms with Crippen LogP contribution in [0.4, 0.5) is 0 Å². The average Bonchev–Trinajstić information content (AvgIpc) is 2.00. The van der Waals surface area contributed by atoms with Gasteiger partial charge in [-0.25, -0.2) is 0 Å². The van der Waals surface area contributed by atoms with Crippen LogP contribution in [-0.4, -0.2) is 6.29 Å². The SMILES string of the molecule is CC(C)C/C=C/C(C)(C)CCC=O. The minimum Gasteiger partial charge on any atom is -0.303 e. The summed E-state index contributed by atoms with van der Waals surface area (Å²) < 4.78 is 0. The predicted octanol–water partition coefficient (Wildman–Crippen LogP) is 3.59.